The lowest BCUT2D eigenvalue weighted by Gasteiger charge is -2.40. The van der Waals surface area contributed by atoms with Crippen LogP contribution in [0, 0.1) is 0 Å². The Labute approximate surface area is 203 Å². The quantitative estimate of drug-likeness (QED) is 0.489. The van der Waals surface area contributed by atoms with Crippen LogP contribution >= 0.6 is 11.3 Å². The van der Waals surface area contributed by atoms with Crippen LogP contribution < -0.4 is 10.2 Å². The molecule has 0 bridgehead atoms. The molecule has 0 radical (unpaired) electrons. The average molecular weight is 484 g/mol. The van der Waals surface area contributed by atoms with Crippen LogP contribution in [0.3, 0.4) is 0 Å². The molecule has 0 unspecified atom stereocenters. The van der Waals surface area contributed by atoms with E-state index in [0.717, 1.165) is 84.9 Å². The number of nitrogens with one attached hydrogen (secondary N) is 2. The number of aromatic amines is 1. The first-order chi connectivity index (χ1) is 16.4. The Morgan fingerprint density at radius 3 is 2.56 bits per heavy atom. The summed E-state index contributed by atoms with van der Waals surface area (Å²) in [6, 6.07) is 4.69. The van der Waals surface area contributed by atoms with E-state index in [-0.39, 0.29) is 0 Å². The monoisotopic (exact) mass is 483 g/mol. The lowest BCUT2D eigenvalue weighted by Crippen LogP contribution is -2.49. The molecule has 2 saturated heterocycles. The number of thiophene rings is 1. The highest BCUT2D eigenvalue weighted by Gasteiger charge is 2.29. The number of aliphatic hydroxyl groups is 1. The zero-order chi connectivity index (χ0) is 23.3. The molecule has 10 heteroatoms. The molecule has 3 aliphatic rings. The van der Waals surface area contributed by atoms with Gasteiger partial charge in [0.15, 0.2) is 11.6 Å². The number of piperidine rings is 1. The van der Waals surface area contributed by atoms with Crippen LogP contribution in [0.1, 0.15) is 56.0 Å². The highest BCUT2D eigenvalue weighted by atomic mass is 32.1. The fourth-order valence-corrected chi connectivity index (χ4v) is 5.99. The average Bonchev–Trinajstić information content (AvgIpc) is 3.41. The summed E-state index contributed by atoms with van der Waals surface area (Å²) in [4.78, 5) is 15.6. The number of fused-ring (bicyclic) bond motifs is 1. The van der Waals surface area contributed by atoms with Gasteiger partial charge in [-0.15, -0.1) is 11.3 Å². The molecule has 3 aromatic heterocycles. The van der Waals surface area contributed by atoms with Crippen LogP contribution in [-0.4, -0.2) is 75.6 Å². The number of H-pyrrole nitrogens is 1. The van der Waals surface area contributed by atoms with E-state index in [1.165, 1.54) is 29.9 Å². The van der Waals surface area contributed by atoms with E-state index in [4.69, 9.17) is 14.7 Å². The molecule has 0 atom stereocenters. The van der Waals surface area contributed by atoms with Crippen LogP contribution in [0.4, 0.5) is 17.6 Å². The molecule has 2 aliphatic heterocycles. The Morgan fingerprint density at radius 1 is 1.09 bits per heavy atom. The van der Waals surface area contributed by atoms with Crippen LogP contribution in [0.25, 0.3) is 10.2 Å². The molecular weight excluding hydrogens is 450 g/mol. The molecule has 0 aromatic carbocycles. The van der Waals surface area contributed by atoms with Gasteiger partial charge in [0.2, 0.25) is 5.95 Å². The van der Waals surface area contributed by atoms with Crippen molar-refractivity contribution in [3.63, 3.8) is 0 Å². The van der Waals surface area contributed by atoms with Gasteiger partial charge in [-0.2, -0.15) is 10.1 Å². The number of nitrogens with zero attached hydrogens (tertiary/aromatic N) is 5. The number of morpholine rings is 1. The highest BCUT2D eigenvalue weighted by molar-refractivity contribution is 7.19. The first kappa shape index (κ1) is 22.2. The van der Waals surface area contributed by atoms with E-state index in [0.29, 0.717) is 12.0 Å². The Bertz CT molecular complexity index is 1150. The van der Waals surface area contributed by atoms with Gasteiger partial charge in [-0.05, 0) is 45.6 Å². The summed E-state index contributed by atoms with van der Waals surface area (Å²) < 4.78 is 6.47. The van der Waals surface area contributed by atoms with Crippen molar-refractivity contribution in [2.75, 3.05) is 49.6 Å². The SMILES string of the molecule is CC(C)(O)c1cc2nc(N3CCC(N4CCOCC4)CC3)nc(Nc3cc(C4CC4)[nH]n3)c2s1. The lowest BCUT2D eigenvalue weighted by atomic mass is 10.0. The van der Waals surface area contributed by atoms with E-state index < -0.39 is 5.60 Å². The molecule has 3 aromatic rings. The zero-order valence-corrected chi connectivity index (χ0v) is 20.7. The summed E-state index contributed by atoms with van der Waals surface area (Å²) in [5.74, 6) is 2.88. The van der Waals surface area contributed by atoms with Crippen LogP contribution in [0.2, 0.25) is 0 Å². The van der Waals surface area contributed by atoms with E-state index in [1.807, 2.05) is 19.9 Å². The van der Waals surface area contributed by atoms with Gasteiger partial charge in [0, 0.05) is 54.8 Å². The maximum atomic E-state index is 10.6. The van der Waals surface area contributed by atoms with Gasteiger partial charge in [0.05, 0.1) is 29.0 Å². The normalized spacial score (nSPS) is 20.9. The molecule has 1 saturated carbocycles. The third kappa shape index (κ3) is 4.51. The number of anilines is 3. The molecule has 6 rings (SSSR count). The van der Waals surface area contributed by atoms with Crippen molar-refractivity contribution >= 4 is 39.1 Å². The van der Waals surface area contributed by atoms with Gasteiger partial charge < -0.3 is 20.1 Å². The third-order valence-electron chi connectivity index (χ3n) is 7.13. The van der Waals surface area contributed by atoms with Gasteiger partial charge in [0.25, 0.3) is 0 Å². The summed E-state index contributed by atoms with van der Waals surface area (Å²) in [7, 11) is 0. The standard InChI is InChI=1S/C24H33N7O2S/c1-24(2,32)19-13-18-21(34-19)22(26-20-14-17(28-29-20)15-3-4-15)27-23(25-18)31-7-5-16(6-8-31)30-9-11-33-12-10-30/h13-16,32H,3-12H2,1-2H3,(H2,25,26,27,28,29). The highest BCUT2D eigenvalue weighted by Crippen LogP contribution is 2.41. The minimum Gasteiger partial charge on any atom is -0.385 e. The van der Waals surface area contributed by atoms with Crippen LogP contribution in [0.5, 0.6) is 0 Å². The predicted molar refractivity (Wildman–Crippen MR) is 134 cm³/mol. The Kier molecular flexibility index (Phi) is 5.71. The van der Waals surface area contributed by atoms with Crippen LogP contribution in [-0.2, 0) is 10.3 Å². The van der Waals surface area contributed by atoms with E-state index >= 15 is 0 Å². The Hall–Kier alpha value is -2.27. The van der Waals surface area contributed by atoms with Crippen LogP contribution in [0.15, 0.2) is 12.1 Å². The zero-order valence-electron chi connectivity index (χ0n) is 19.9. The van der Waals surface area contributed by atoms with Crippen molar-refractivity contribution in [3.8, 4) is 0 Å². The van der Waals surface area contributed by atoms with Crippen molar-refractivity contribution in [1.29, 1.82) is 0 Å². The van der Waals surface area contributed by atoms with Gasteiger partial charge in [-0.3, -0.25) is 10.00 Å². The van der Waals surface area contributed by atoms with Crippen molar-refractivity contribution in [1.82, 2.24) is 25.1 Å². The van der Waals surface area contributed by atoms with E-state index in [9.17, 15) is 5.11 Å². The second-order valence-corrected chi connectivity index (χ2v) is 11.3. The summed E-state index contributed by atoms with van der Waals surface area (Å²) in [5.41, 5.74) is 1.12. The second-order valence-electron chi connectivity index (χ2n) is 10.2. The number of aromatic nitrogens is 4. The fraction of sp³-hybridized carbons (Fsp3) is 0.625. The molecule has 1 aliphatic carbocycles. The van der Waals surface area contributed by atoms with Crippen molar-refractivity contribution in [2.24, 2.45) is 0 Å². The predicted octanol–water partition coefficient (Wildman–Crippen LogP) is 3.56. The molecule has 3 N–H and O–H groups in total. The summed E-state index contributed by atoms with van der Waals surface area (Å²) in [6.45, 7) is 9.23. The largest absolute Gasteiger partial charge is 0.385 e. The van der Waals surface area contributed by atoms with Crippen molar-refractivity contribution in [3.05, 3.63) is 22.7 Å². The molecule has 5 heterocycles. The first-order valence-electron chi connectivity index (χ1n) is 12.4. The second kappa shape index (κ2) is 8.75. The molecule has 3 fully saturated rings. The third-order valence-corrected chi connectivity index (χ3v) is 8.58. The smallest absolute Gasteiger partial charge is 0.227 e. The number of ether oxygens (including phenoxy) is 1. The Balaban J connectivity index is 1.27. The first-order valence-corrected chi connectivity index (χ1v) is 13.2. The minimum absolute atomic E-state index is 0.606. The Morgan fingerprint density at radius 2 is 1.85 bits per heavy atom. The van der Waals surface area contributed by atoms with E-state index in [2.05, 4.69) is 31.4 Å². The molecule has 0 amide bonds. The summed E-state index contributed by atoms with van der Waals surface area (Å²) in [6.07, 6.45) is 4.66. The number of hydrogen-bond acceptors (Lipinski definition) is 9. The number of rotatable bonds is 6. The molecule has 34 heavy (non-hydrogen) atoms. The molecule has 9 nitrogen and oxygen atoms in total. The summed E-state index contributed by atoms with van der Waals surface area (Å²) >= 11 is 1.54. The molecule has 0 spiro atoms. The maximum absolute atomic E-state index is 10.6. The maximum Gasteiger partial charge on any atom is 0.227 e. The molecule has 182 valence electrons. The molecular formula is C24H33N7O2S. The fourth-order valence-electron chi connectivity index (χ4n) is 4.94. The van der Waals surface area contributed by atoms with Gasteiger partial charge in [-0.25, -0.2) is 4.98 Å². The number of hydrogen-bond donors (Lipinski definition) is 3. The lowest BCUT2D eigenvalue weighted by molar-refractivity contribution is 0.0114. The van der Waals surface area contributed by atoms with Crippen molar-refractivity contribution in [2.45, 2.75) is 57.1 Å². The van der Waals surface area contributed by atoms with E-state index in [1.54, 1.807) is 0 Å². The van der Waals surface area contributed by atoms with Gasteiger partial charge in [0.1, 0.15) is 0 Å². The van der Waals surface area contributed by atoms with Crippen molar-refractivity contribution < 1.29 is 9.84 Å². The minimum atomic E-state index is -0.926. The summed E-state index contributed by atoms with van der Waals surface area (Å²) in [5, 5.41) is 21.7. The van der Waals surface area contributed by atoms with Gasteiger partial charge >= 0.3 is 0 Å². The van der Waals surface area contributed by atoms with Gasteiger partial charge in [-0.1, -0.05) is 0 Å². The topological polar surface area (TPSA) is 102 Å².